The average molecular weight is 357 g/mol. The molecule has 1 aromatic carbocycles. The second-order valence-electron chi connectivity index (χ2n) is 6.41. The normalized spacial score (nSPS) is 14.1. The summed E-state index contributed by atoms with van der Waals surface area (Å²) in [6.45, 7) is 2.44. The maximum Gasteiger partial charge on any atom is 0.289 e. The molecule has 2 amide bonds. The van der Waals surface area contributed by atoms with Gasteiger partial charge in [0.2, 0.25) is 5.91 Å². The first-order chi connectivity index (χ1) is 12.5. The van der Waals surface area contributed by atoms with Crippen LogP contribution >= 0.6 is 0 Å². The van der Waals surface area contributed by atoms with Crippen molar-refractivity contribution in [2.24, 2.45) is 0 Å². The molecule has 1 N–H and O–H groups in total. The molecule has 3 rings (SSSR count). The fourth-order valence-corrected chi connectivity index (χ4v) is 2.77. The molecular formula is C19H23N3O4. The van der Waals surface area contributed by atoms with Gasteiger partial charge in [0.25, 0.3) is 5.91 Å². The fraction of sp³-hybridized carbons (Fsp3) is 0.368. The van der Waals surface area contributed by atoms with Crippen LogP contribution in [0.25, 0.3) is 0 Å². The van der Waals surface area contributed by atoms with Crippen molar-refractivity contribution >= 4 is 11.8 Å². The average Bonchev–Trinajstić information content (AvgIpc) is 3.00. The molecule has 0 unspecified atom stereocenters. The van der Waals surface area contributed by atoms with Crippen LogP contribution in [0.4, 0.5) is 0 Å². The first kappa shape index (κ1) is 18.0. The molecule has 7 heteroatoms. The van der Waals surface area contributed by atoms with Crippen LogP contribution in [0.1, 0.15) is 21.9 Å². The molecule has 138 valence electrons. The van der Waals surface area contributed by atoms with Crippen LogP contribution < -0.4 is 10.1 Å². The summed E-state index contributed by atoms with van der Waals surface area (Å²) in [7, 11) is 3.32. The Kier molecular flexibility index (Phi) is 5.58. The number of amides is 2. The van der Waals surface area contributed by atoms with Gasteiger partial charge >= 0.3 is 0 Å². The zero-order valence-corrected chi connectivity index (χ0v) is 15.0. The Morgan fingerprint density at radius 3 is 2.81 bits per heavy atom. The lowest BCUT2D eigenvalue weighted by Gasteiger charge is -2.18. The number of hydrogen-bond donors (Lipinski definition) is 1. The number of carbonyl (C=O) groups is 2. The smallest absolute Gasteiger partial charge is 0.289 e. The number of ether oxygens (including phenoxy) is 1. The summed E-state index contributed by atoms with van der Waals surface area (Å²) in [6, 6.07) is 11.2. The van der Waals surface area contributed by atoms with Gasteiger partial charge in [0.15, 0.2) is 5.76 Å². The van der Waals surface area contributed by atoms with E-state index >= 15 is 0 Å². The maximum atomic E-state index is 12.2. The van der Waals surface area contributed by atoms with Gasteiger partial charge in [0, 0.05) is 32.7 Å². The van der Waals surface area contributed by atoms with Crippen LogP contribution in [-0.4, -0.2) is 55.4 Å². The van der Waals surface area contributed by atoms with Crippen LogP contribution in [-0.2, 0) is 17.9 Å². The Bertz CT molecular complexity index is 785. The Hall–Kier alpha value is -2.80. The molecular weight excluding hydrogens is 334 g/mol. The minimum Gasteiger partial charge on any atom is -0.492 e. The summed E-state index contributed by atoms with van der Waals surface area (Å²) < 4.78 is 11.2. The first-order valence-corrected chi connectivity index (χ1v) is 8.53. The summed E-state index contributed by atoms with van der Waals surface area (Å²) >= 11 is 0. The highest BCUT2D eigenvalue weighted by Gasteiger charge is 2.18. The molecule has 0 saturated carbocycles. The van der Waals surface area contributed by atoms with Gasteiger partial charge in [-0.2, -0.15) is 0 Å². The Morgan fingerprint density at radius 1 is 1.19 bits per heavy atom. The Morgan fingerprint density at radius 2 is 2.00 bits per heavy atom. The molecule has 0 bridgehead atoms. The van der Waals surface area contributed by atoms with Crippen molar-refractivity contribution in [2.45, 2.75) is 13.1 Å². The quantitative estimate of drug-likeness (QED) is 0.878. The highest BCUT2D eigenvalue weighted by atomic mass is 16.5. The minimum atomic E-state index is -0.203. The van der Waals surface area contributed by atoms with Crippen LogP contribution in [0, 0.1) is 0 Å². The Labute approximate surface area is 152 Å². The zero-order chi connectivity index (χ0) is 18.5. The van der Waals surface area contributed by atoms with E-state index in [4.69, 9.17) is 9.15 Å². The van der Waals surface area contributed by atoms with Gasteiger partial charge in [-0.3, -0.25) is 14.5 Å². The number of para-hydroxylation sites is 1. The Balaban J connectivity index is 1.51. The number of furan rings is 1. The maximum absolute atomic E-state index is 12.2. The first-order valence-electron chi connectivity index (χ1n) is 8.53. The molecule has 1 aromatic heterocycles. The zero-order valence-electron chi connectivity index (χ0n) is 15.0. The van der Waals surface area contributed by atoms with Crippen molar-refractivity contribution in [1.29, 1.82) is 0 Å². The van der Waals surface area contributed by atoms with Crippen molar-refractivity contribution in [1.82, 2.24) is 15.1 Å². The molecule has 1 aliphatic rings. The summed E-state index contributed by atoms with van der Waals surface area (Å²) in [5.41, 5.74) is 1.08. The predicted octanol–water partition coefficient (Wildman–Crippen LogP) is 1.49. The largest absolute Gasteiger partial charge is 0.492 e. The topological polar surface area (TPSA) is 75.0 Å². The second-order valence-corrected chi connectivity index (χ2v) is 6.41. The number of nitrogens with zero attached hydrogens (tertiary/aromatic N) is 2. The second kappa shape index (κ2) is 8.05. The number of hydrogen-bond acceptors (Lipinski definition) is 5. The highest BCUT2D eigenvalue weighted by molar-refractivity contribution is 5.91. The molecule has 0 fully saturated rings. The predicted molar refractivity (Wildman–Crippen MR) is 95.8 cm³/mol. The highest BCUT2D eigenvalue weighted by Crippen LogP contribution is 2.22. The lowest BCUT2D eigenvalue weighted by atomic mass is 10.2. The van der Waals surface area contributed by atoms with E-state index in [1.165, 1.54) is 4.90 Å². The van der Waals surface area contributed by atoms with E-state index in [-0.39, 0.29) is 30.7 Å². The fourth-order valence-electron chi connectivity index (χ4n) is 2.77. The van der Waals surface area contributed by atoms with Gasteiger partial charge in [0.05, 0.1) is 13.1 Å². The molecule has 26 heavy (non-hydrogen) atoms. The van der Waals surface area contributed by atoms with Crippen molar-refractivity contribution in [3.8, 4) is 5.75 Å². The third-order valence-corrected chi connectivity index (χ3v) is 4.14. The summed E-state index contributed by atoms with van der Waals surface area (Å²) in [5, 5.41) is 2.83. The minimum absolute atomic E-state index is 0.0960. The van der Waals surface area contributed by atoms with Crippen molar-refractivity contribution < 1.29 is 18.7 Å². The molecule has 0 aliphatic carbocycles. The van der Waals surface area contributed by atoms with E-state index in [1.807, 2.05) is 29.2 Å². The molecule has 2 aromatic rings. The van der Waals surface area contributed by atoms with Gasteiger partial charge in [-0.05, 0) is 18.2 Å². The molecule has 0 spiro atoms. The van der Waals surface area contributed by atoms with E-state index in [1.54, 1.807) is 26.2 Å². The van der Waals surface area contributed by atoms with Crippen molar-refractivity contribution in [3.63, 3.8) is 0 Å². The third-order valence-electron chi connectivity index (χ3n) is 4.14. The number of carbonyl (C=O) groups excluding carboxylic acids is 2. The standard InChI is InChI=1S/C19H23N3O4/c1-21(2)19(24)17-8-7-15(26-17)11-20-18(23)13-22-9-10-25-16-6-4-3-5-14(16)12-22/h3-8H,9-13H2,1-2H3,(H,20,23). The summed E-state index contributed by atoms with van der Waals surface area (Å²) in [5.74, 6) is 1.39. The van der Waals surface area contributed by atoms with Crippen LogP contribution in [0.15, 0.2) is 40.8 Å². The molecule has 1 aliphatic heterocycles. The third kappa shape index (κ3) is 4.43. The van der Waals surface area contributed by atoms with Crippen LogP contribution in [0.2, 0.25) is 0 Å². The monoisotopic (exact) mass is 357 g/mol. The number of rotatable bonds is 5. The van der Waals surface area contributed by atoms with E-state index in [2.05, 4.69) is 5.32 Å². The van der Waals surface area contributed by atoms with Gasteiger partial charge in [0.1, 0.15) is 18.1 Å². The van der Waals surface area contributed by atoms with E-state index < -0.39 is 0 Å². The van der Waals surface area contributed by atoms with Crippen LogP contribution in [0.3, 0.4) is 0 Å². The summed E-state index contributed by atoms with van der Waals surface area (Å²) in [4.78, 5) is 27.6. The van der Waals surface area contributed by atoms with Gasteiger partial charge < -0.3 is 19.4 Å². The number of benzene rings is 1. The molecule has 7 nitrogen and oxygen atoms in total. The van der Waals surface area contributed by atoms with Gasteiger partial charge in [-0.25, -0.2) is 0 Å². The van der Waals surface area contributed by atoms with Crippen molar-refractivity contribution in [2.75, 3.05) is 33.8 Å². The molecule has 0 atom stereocenters. The lowest BCUT2D eigenvalue weighted by Crippen LogP contribution is -2.37. The van der Waals surface area contributed by atoms with Gasteiger partial charge in [-0.1, -0.05) is 18.2 Å². The van der Waals surface area contributed by atoms with E-state index in [0.29, 0.717) is 25.5 Å². The summed E-state index contributed by atoms with van der Waals surface area (Å²) in [6.07, 6.45) is 0. The van der Waals surface area contributed by atoms with E-state index in [9.17, 15) is 9.59 Å². The van der Waals surface area contributed by atoms with Crippen molar-refractivity contribution in [3.05, 3.63) is 53.5 Å². The van der Waals surface area contributed by atoms with Crippen LogP contribution in [0.5, 0.6) is 5.75 Å². The lowest BCUT2D eigenvalue weighted by molar-refractivity contribution is -0.122. The molecule has 2 heterocycles. The number of fused-ring (bicyclic) bond motifs is 1. The van der Waals surface area contributed by atoms with Gasteiger partial charge in [-0.15, -0.1) is 0 Å². The SMILES string of the molecule is CN(C)C(=O)c1ccc(CNC(=O)CN2CCOc3ccccc3C2)o1. The molecule has 0 radical (unpaired) electrons. The van der Waals surface area contributed by atoms with E-state index in [0.717, 1.165) is 11.3 Å². The molecule has 0 saturated heterocycles. The number of nitrogens with one attached hydrogen (secondary N) is 1.